The molecule has 0 aromatic heterocycles. The van der Waals surface area contributed by atoms with Gasteiger partial charge in [-0.25, -0.2) is 4.79 Å². The van der Waals surface area contributed by atoms with Gasteiger partial charge in [0.2, 0.25) is 0 Å². The molecule has 4 bridgehead atoms. The van der Waals surface area contributed by atoms with Crippen molar-refractivity contribution in [3.05, 3.63) is 12.2 Å². The van der Waals surface area contributed by atoms with Gasteiger partial charge in [0, 0.05) is 17.9 Å². The van der Waals surface area contributed by atoms with E-state index < -0.39 is 0 Å². The minimum absolute atomic E-state index is 0.244. The zero-order chi connectivity index (χ0) is 13.6. The molecular weight excluding hydrogens is 238 g/mol. The second-order valence-electron chi connectivity index (χ2n) is 6.81. The summed E-state index contributed by atoms with van der Waals surface area (Å²) in [5.41, 5.74) is 0.104. The van der Waals surface area contributed by atoms with Gasteiger partial charge in [-0.3, -0.25) is 0 Å². The molecule has 0 heterocycles. The molecular formula is C16H21NO2. The van der Waals surface area contributed by atoms with Crippen LogP contribution in [0.4, 0.5) is 0 Å². The van der Waals surface area contributed by atoms with Crippen molar-refractivity contribution in [1.29, 1.82) is 5.26 Å². The predicted octanol–water partition coefficient (Wildman–Crippen LogP) is 3.21. The van der Waals surface area contributed by atoms with Crippen LogP contribution in [0.2, 0.25) is 0 Å². The highest BCUT2D eigenvalue weighted by Crippen LogP contribution is 2.60. The van der Waals surface area contributed by atoms with Crippen LogP contribution in [-0.2, 0) is 9.53 Å². The molecule has 3 unspecified atom stereocenters. The fourth-order valence-electron chi connectivity index (χ4n) is 4.95. The largest absolute Gasteiger partial charge is 0.455 e. The van der Waals surface area contributed by atoms with Gasteiger partial charge < -0.3 is 4.74 Å². The third-order valence-corrected chi connectivity index (χ3v) is 5.41. The van der Waals surface area contributed by atoms with Crippen LogP contribution in [0.25, 0.3) is 0 Å². The van der Waals surface area contributed by atoms with E-state index in [1.54, 1.807) is 6.92 Å². The molecule has 102 valence electrons. The molecule has 19 heavy (non-hydrogen) atoms. The van der Waals surface area contributed by atoms with Crippen molar-refractivity contribution >= 4 is 5.97 Å². The summed E-state index contributed by atoms with van der Waals surface area (Å²) in [5, 5.41) is 9.10. The number of nitrogens with zero attached hydrogens (tertiary/aromatic N) is 1. The van der Waals surface area contributed by atoms with Crippen molar-refractivity contribution in [1.82, 2.24) is 0 Å². The van der Waals surface area contributed by atoms with E-state index in [2.05, 4.69) is 12.6 Å². The van der Waals surface area contributed by atoms with Crippen LogP contribution < -0.4 is 0 Å². The molecule has 0 spiro atoms. The third-order valence-electron chi connectivity index (χ3n) is 5.41. The van der Waals surface area contributed by atoms with Crippen LogP contribution in [0.5, 0.6) is 0 Å². The monoisotopic (exact) mass is 259 g/mol. The van der Waals surface area contributed by atoms with Gasteiger partial charge in [-0.1, -0.05) is 6.58 Å². The molecule has 0 N–H and O–H groups in total. The summed E-state index contributed by atoms with van der Waals surface area (Å²) in [6.45, 7) is 5.38. The zero-order valence-corrected chi connectivity index (χ0v) is 11.5. The van der Waals surface area contributed by atoms with Crippen molar-refractivity contribution in [2.75, 3.05) is 0 Å². The Balaban J connectivity index is 1.89. The van der Waals surface area contributed by atoms with Crippen molar-refractivity contribution in [3.8, 4) is 6.07 Å². The van der Waals surface area contributed by atoms with Gasteiger partial charge in [0.05, 0.1) is 6.07 Å². The first-order valence-electron chi connectivity index (χ1n) is 7.30. The average Bonchev–Trinajstić information content (AvgIpc) is 2.32. The normalized spacial score (nSPS) is 42.7. The zero-order valence-electron chi connectivity index (χ0n) is 11.5. The van der Waals surface area contributed by atoms with Gasteiger partial charge >= 0.3 is 5.97 Å². The summed E-state index contributed by atoms with van der Waals surface area (Å²) in [4.78, 5) is 12.0. The fourth-order valence-corrected chi connectivity index (χ4v) is 4.95. The minimum atomic E-state index is -0.361. The first-order chi connectivity index (χ1) is 9.04. The van der Waals surface area contributed by atoms with Crippen LogP contribution in [0.3, 0.4) is 0 Å². The molecule has 0 aliphatic heterocycles. The molecule has 4 aliphatic carbocycles. The van der Waals surface area contributed by atoms with Crippen LogP contribution in [-0.4, -0.2) is 11.6 Å². The molecule has 3 atom stereocenters. The minimum Gasteiger partial charge on any atom is -0.455 e. The summed E-state index contributed by atoms with van der Waals surface area (Å²) in [6.07, 6.45) is 6.21. The number of carbonyl (C=O) groups excluding carboxylic acids is 1. The second kappa shape index (κ2) is 4.37. The summed E-state index contributed by atoms with van der Waals surface area (Å²) in [5.74, 6) is 1.96. The number of esters is 1. The number of nitriles is 1. The summed E-state index contributed by atoms with van der Waals surface area (Å²) >= 11 is 0. The lowest BCUT2D eigenvalue weighted by Gasteiger charge is -2.59. The predicted molar refractivity (Wildman–Crippen MR) is 70.9 cm³/mol. The highest BCUT2D eigenvalue weighted by Gasteiger charge is 2.59. The van der Waals surface area contributed by atoms with Gasteiger partial charge in [-0.15, -0.1) is 0 Å². The van der Waals surface area contributed by atoms with Crippen molar-refractivity contribution in [2.45, 2.75) is 51.0 Å². The lowest BCUT2D eigenvalue weighted by Crippen LogP contribution is -2.59. The van der Waals surface area contributed by atoms with Crippen LogP contribution >= 0.6 is 0 Å². The van der Waals surface area contributed by atoms with E-state index >= 15 is 0 Å². The molecule has 4 aliphatic rings. The van der Waals surface area contributed by atoms with E-state index in [1.165, 1.54) is 19.3 Å². The summed E-state index contributed by atoms with van der Waals surface area (Å²) in [7, 11) is 0. The lowest BCUT2D eigenvalue weighted by atomic mass is 9.49. The molecule has 0 aromatic carbocycles. The van der Waals surface area contributed by atoms with Gasteiger partial charge in [0.15, 0.2) is 0 Å². The van der Waals surface area contributed by atoms with Crippen LogP contribution in [0.15, 0.2) is 12.2 Å². The summed E-state index contributed by atoms with van der Waals surface area (Å²) < 4.78 is 5.89. The van der Waals surface area contributed by atoms with E-state index in [-0.39, 0.29) is 17.5 Å². The molecule has 0 saturated heterocycles. The lowest BCUT2D eigenvalue weighted by molar-refractivity contribution is -0.204. The molecule has 0 amide bonds. The number of hydrogen-bond acceptors (Lipinski definition) is 3. The Kier molecular flexibility index (Phi) is 2.92. The fraction of sp³-hybridized carbons (Fsp3) is 0.750. The highest BCUT2D eigenvalue weighted by molar-refractivity contribution is 5.87. The number of rotatable bonds is 3. The van der Waals surface area contributed by atoms with Crippen molar-refractivity contribution < 1.29 is 9.53 Å². The number of carbonyl (C=O) groups is 1. The quantitative estimate of drug-likeness (QED) is 0.577. The summed E-state index contributed by atoms with van der Waals surface area (Å²) in [6, 6.07) is 2.31. The van der Waals surface area contributed by atoms with E-state index in [1.807, 2.05) is 0 Å². The molecule has 0 radical (unpaired) electrons. The van der Waals surface area contributed by atoms with Crippen molar-refractivity contribution in [2.24, 2.45) is 23.7 Å². The molecule has 4 rings (SSSR count). The standard InChI is InChI=1S/C16H21NO2/c1-10(2)15(18)19-16-8-11-5-12(9-16)7-13(6-11)14(16)3-4-17/h11-14H,1,3,5-9H2,2H3. The van der Waals surface area contributed by atoms with E-state index in [0.717, 1.165) is 12.8 Å². The SMILES string of the molecule is C=C(C)C(=O)OC12CC3CC(CC(C3)C1CC#N)C2. The Hall–Kier alpha value is -1.30. The van der Waals surface area contributed by atoms with Crippen LogP contribution in [0, 0.1) is 35.0 Å². The molecule has 3 nitrogen and oxygen atoms in total. The molecule has 4 saturated carbocycles. The highest BCUT2D eigenvalue weighted by atomic mass is 16.6. The Labute approximate surface area is 114 Å². The molecule has 0 aromatic rings. The first-order valence-corrected chi connectivity index (χ1v) is 7.30. The third kappa shape index (κ3) is 1.98. The maximum absolute atomic E-state index is 12.0. The van der Waals surface area contributed by atoms with Crippen LogP contribution in [0.1, 0.15) is 45.4 Å². The van der Waals surface area contributed by atoms with E-state index in [9.17, 15) is 4.79 Å². The topological polar surface area (TPSA) is 50.1 Å². The van der Waals surface area contributed by atoms with Gasteiger partial charge in [-0.2, -0.15) is 5.26 Å². The average molecular weight is 259 g/mol. The maximum atomic E-state index is 12.0. The number of ether oxygens (including phenoxy) is 1. The smallest absolute Gasteiger partial charge is 0.333 e. The van der Waals surface area contributed by atoms with E-state index in [4.69, 9.17) is 10.00 Å². The molecule has 4 fully saturated rings. The molecule has 3 heteroatoms. The first kappa shape index (κ1) is 12.7. The maximum Gasteiger partial charge on any atom is 0.333 e. The van der Waals surface area contributed by atoms with Crippen molar-refractivity contribution in [3.63, 3.8) is 0 Å². The Bertz CT molecular complexity index is 448. The Morgan fingerprint density at radius 2 is 2.00 bits per heavy atom. The van der Waals surface area contributed by atoms with Gasteiger partial charge in [0.25, 0.3) is 0 Å². The van der Waals surface area contributed by atoms with Gasteiger partial charge in [0.1, 0.15) is 5.60 Å². The van der Waals surface area contributed by atoms with E-state index in [0.29, 0.717) is 29.7 Å². The Morgan fingerprint density at radius 1 is 1.37 bits per heavy atom. The second-order valence-corrected chi connectivity index (χ2v) is 6.81. The Morgan fingerprint density at radius 3 is 2.53 bits per heavy atom. The van der Waals surface area contributed by atoms with Gasteiger partial charge in [-0.05, 0) is 56.8 Å². The number of hydrogen-bond donors (Lipinski definition) is 0.